The first-order valence-electron chi connectivity index (χ1n) is 10.9. The summed E-state index contributed by atoms with van der Waals surface area (Å²) < 4.78 is 6.39. The Morgan fingerprint density at radius 1 is 0.710 bits per heavy atom. The Morgan fingerprint density at radius 2 is 1.45 bits per heavy atom. The minimum atomic E-state index is 0.964. The Kier molecular flexibility index (Phi) is 3.28. The Morgan fingerprint density at radius 3 is 2.39 bits per heavy atom. The molecule has 0 saturated heterocycles. The summed E-state index contributed by atoms with van der Waals surface area (Å²) in [4.78, 5) is 4.87. The summed E-state index contributed by atoms with van der Waals surface area (Å²) in [6, 6.07) is 21.8. The molecule has 0 saturated carbocycles. The second-order valence-electron chi connectivity index (χ2n) is 8.78. The second-order valence-corrected chi connectivity index (χ2v) is 8.78. The SMILES string of the molecule is Cc1cnc2c(c1C)CCc1c-2ccc2oc3ccc4ccc5ccccc5c4c3c12. The molecule has 1 aliphatic rings. The van der Waals surface area contributed by atoms with E-state index in [1.165, 1.54) is 60.1 Å². The van der Waals surface area contributed by atoms with E-state index in [1.807, 2.05) is 6.20 Å². The maximum Gasteiger partial charge on any atom is 0.136 e. The number of benzene rings is 4. The smallest absolute Gasteiger partial charge is 0.136 e. The van der Waals surface area contributed by atoms with E-state index in [0.717, 1.165) is 29.7 Å². The highest BCUT2D eigenvalue weighted by Crippen LogP contribution is 2.44. The average molecular weight is 399 g/mol. The Balaban J connectivity index is 1.69. The predicted octanol–water partition coefficient (Wildman–Crippen LogP) is 7.67. The number of hydrogen-bond donors (Lipinski definition) is 0. The van der Waals surface area contributed by atoms with E-state index in [-0.39, 0.29) is 0 Å². The van der Waals surface area contributed by atoms with E-state index < -0.39 is 0 Å². The number of fused-ring (bicyclic) bond motifs is 11. The van der Waals surface area contributed by atoms with E-state index >= 15 is 0 Å². The number of aromatic nitrogens is 1. The molecule has 0 unspecified atom stereocenters. The van der Waals surface area contributed by atoms with E-state index in [1.54, 1.807) is 0 Å². The van der Waals surface area contributed by atoms with Crippen molar-refractivity contribution >= 4 is 43.5 Å². The van der Waals surface area contributed by atoms with Crippen LogP contribution in [0, 0.1) is 13.8 Å². The molecule has 7 rings (SSSR count). The minimum Gasteiger partial charge on any atom is -0.456 e. The fraction of sp³-hybridized carbons (Fsp3) is 0.138. The Bertz CT molecular complexity index is 1700. The summed E-state index contributed by atoms with van der Waals surface area (Å²) >= 11 is 0. The van der Waals surface area contributed by atoms with Gasteiger partial charge in [-0.2, -0.15) is 0 Å². The quantitative estimate of drug-likeness (QED) is 0.245. The van der Waals surface area contributed by atoms with Gasteiger partial charge in [-0.25, -0.2) is 0 Å². The molecule has 0 fully saturated rings. The molecule has 0 N–H and O–H groups in total. The molecule has 2 heteroatoms. The summed E-state index contributed by atoms with van der Waals surface area (Å²) in [6.45, 7) is 4.38. The van der Waals surface area contributed by atoms with Gasteiger partial charge in [-0.1, -0.05) is 42.5 Å². The fourth-order valence-electron chi connectivity index (χ4n) is 5.54. The summed E-state index contributed by atoms with van der Waals surface area (Å²) in [5.41, 5.74) is 9.77. The van der Waals surface area contributed by atoms with Gasteiger partial charge in [0.15, 0.2) is 0 Å². The third-order valence-corrected chi connectivity index (χ3v) is 7.21. The highest BCUT2D eigenvalue weighted by molar-refractivity contribution is 6.27. The topological polar surface area (TPSA) is 26.0 Å². The third-order valence-electron chi connectivity index (χ3n) is 7.21. The van der Waals surface area contributed by atoms with Crippen LogP contribution in [0.15, 0.2) is 71.3 Å². The zero-order chi connectivity index (χ0) is 20.7. The maximum atomic E-state index is 6.39. The van der Waals surface area contributed by atoms with E-state index in [9.17, 15) is 0 Å². The van der Waals surface area contributed by atoms with Gasteiger partial charge in [-0.05, 0) is 83.3 Å². The standard InChI is InChI=1S/C29H21NO/c1-16-15-30-29-20(17(16)2)10-11-22-23(29)12-14-24-27(22)28-25(31-24)13-9-19-8-7-18-5-3-4-6-21(18)26(19)28/h3-9,12-15H,10-11H2,1-2H3. The molecule has 6 aromatic rings. The normalized spacial score (nSPS) is 13.2. The zero-order valence-corrected chi connectivity index (χ0v) is 17.6. The van der Waals surface area contributed by atoms with Crippen LogP contribution >= 0.6 is 0 Å². The molecule has 4 aromatic carbocycles. The van der Waals surface area contributed by atoms with Crippen LogP contribution in [0.1, 0.15) is 22.3 Å². The zero-order valence-electron chi connectivity index (χ0n) is 17.6. The van der Waals surface area contributed by atoms with Crippen molar-refractivity contribution in [3.05, 3.63) is 89.1 Å². The number of pyridine rings is 1. The van der Waals surface area contributed by atoms with Crippen LogP contribution in [0.3, 0.4) is 0 Å². The molecule has 0 bridgehead atoms. The lowest BCUT2D eigenvalue weighted by atomic mass is 9.83. The first kappa shape index (κ1) is 17.1. The molecule has 0 spiro atoms. The lowest BCUT2D eigenvalue weighted by molar-refractivity contribution is 0.669. The highest BCUT2D eigenvalue weighted by atomic mass is 16.3. The van der Waals surface area contributed by atoms with Crippen LogP contribution in [0.4, 0.5) is 0 Å². The second kappa shape index (κ2) is 5.95. The molecule has 31 heavy (non-hydrogen) atoms. The number of nitrogens with zero attached hydrogens (tertiary/aromatic N) is 1. The molecular weight excluding hydrogens is 378 g/mol. The lowest BCUT2D eigenvalue weighted by Crippen LogP contribution is -2.09. The first-order valence-corrected chi connectivity index (χ1v) is 10.9. The van der Waals surface area contributed by atoms with Crippen molar-refractivity contribution in [2.45, 2.75) is 26.7 Å². The van der Waals surface area contributed by atoms with Crippen molar-refractivity contribution in [1.82, 2.24) is 4.98 Å². The molecule has 148 valence electrons. The highest BCUT2D eigenvalue weighted by Gasteiger charge is 2.24. The van der Waals surface area contributed by atoms with Crippen molar-refractivity contribution in [1.29, 1.82) is 0 Å². The van der Waals surface area contributed by atoms with Gasteiger partial charge in [0, 0.05) is 27.9 Å². The van der Waals surface area contributed by atoms with Gasteiger partial charge < -0.3 is 4.42 Å². The summed E-state index contributed by atoms with van der Waals surface area (Å²) in [7, 11) is 0. The van der Waals surface area contributed by atoms with Crippen LogP contribution in [-0.4, -0.2) is 4.98 Å². The van der Waals surface area contributed by atoms with Gasteiger partial charge >= 0.3 is 0 Å². The summed E-state index contributed by atoms with van der Waals surface area (Å²) in [6.07, 6.45) is 4.06. The van der Waals surface area contributed by atoms with Gasteiger partial charge in [-0.3, -0.25) is 4.98 Å². The Labute approximate surface area is 180 Å². The summed E-state index contributed by atoms with van der Waals surface area (Å²) in [5, 5.41) is 7.61. The maximum absolute atomic E-state index is 6.39. The average Bonchev–Trinajstić information content (AvgIpc) is 3.20. The van der Waals surface area contributed by atoms with Gasteiger partial charge in [0.25, 0.3) is 0 Å². The number of aryl methyl sites for hydroxylation is 2. The fourth-order valence-corrected chi connectivity index (χ4v) is 5.54. The van der Waals surface area contributed by atoms with Gasteiger partial charge in [-0.15, -0.1) is 0 Å². The van der Waals surface area contributed by atoms with Crippen molar-refractivity contribution in [2.75, 3.05) is 0 Å². The molecule has 2 heterocycles. The van der Waals surface area contributed by atoms with Crippen molar-refractivity contribution in [3.8, 4) is 11.3 Å². The monoisotopic (exact) mass is 399 g/mol. The minimum absolute atomic E-state index is 0.964. The predicted molar refractivity (Wildman–Crippen MR) is 129 cm³/mol. The third kappa shape index (κ3) is 2.20. The first-order chi connectivity index (χ1) is 15.2. The molecule has 2 aromatic heterocycles. The van der Waals surface area contributed by atoms with Crippen LogP contribution in [0.2, 0.25) is 0 Å². The van der Waals surface area contributed by atoms with Crippen molar-refractivity contribution in [3.63, 3.8) is 0 Å². The molecule has 0 atom stereocenters. The van der Waals surface area contributed by atoms with Crippen molar-refractivity contribution < 1.29 is 4.42 Å². The van der Waals surface area contributed by atoms with Crippen LogP contribution in [-0.2, 0) is 12.8 Å². The molecule has 0 radical (unpaired) electrons. The van der Waals surface area contributed by atoms with Gasteiger partial charge in [0.2, 0.25) is 0 Å². The molecular formula is C29H21NO. The molecule has 0 aliphatic heterocycles. The van der Waals surface area contributed by atoms with E-state index in [2.05, 4.69) is 74.5 Å². The lowest BCUT2D eigenvalue weighted by Gasteiger charge is -2.22. The van der Waals surface area contributed by atoms with Crippen molar-refractivity contribution in [2.24, 2.45) is 0 Å². The Hall–Kier alpha value is -3.65. The van der Waals surface area contributed by atoms with Crippen LogP contribution in [0.25, 0.3) is 54.7 Å². The summed E-state index contributed by atoms with van der Waals surface area (Å²) in [5.74, 6) is 0. The van der Waals surface area contributed by atoms with E-state index in [0.29, 0.717) is 0 Å². The molecule has 2 nitrogen and oxygen atoms in total. The number of rotatable bonds is 0. The van der Waals surface area contributed by atoms with Crippen LogP contribution in [0.5, 0.6) is 0 Å². The van der Waals surface area contributed by atoms with E-state index in [4.69, 9.17) is 9.40 Å². The van der Waals surface area contributed by atoms with Gasteiger partial charge in [0.05, 0.1) is 5.69 Å². The molecule has 0 amide bonds. The molecule has 1 aliphatic carbocycles. The number of hydrogen-bond acceptors (Lipinski definition) is 2. The van der Waals surface area contributed by atoms with Crippen LogP contribution < -0.4 is 0 Å². The largest absolute Gasteiger partial charge is 0.456 e. The number of furan rings is 1. The van der Waals surface area contributed by atoms with Gasteiger partial charge in [0.1, 0.15) is 11.2 Å².